The Labute approximate surface area is 121 Å². The first-order valence-electron chi connectivity index (χ1n) is 5.89. The molecule has 1 aromatic heterocycles. The number of rotatable bonds is 8. The van der Waals surface area contributed by atoms with Gasteiger partial charge in [0.25, 0.3) is 0 Å². The summed E-state index contributed by atoms with van der Waals surface area (Å²) in [7, 11) is 0. The molecule has 0 bridgehead atoms. The molecule has 1 heterocycles. The standard InChI is InChI=1S/C11H18N4O4S/c1-7(19-10(12)17)18-4-3-13-9-8(6-16)5-14-11(15-9)20-2/h5,7,16H,3-4,6H2,1-2H3,(H2,12,17)(H,13,14,15). The Morgan fingerprint density at radius 2 is 2.40 bits per heavy atom. The number of amides is 1. The number of hydrogen-bond acceptors (Lipinski definition) is 8. The zero-order valence-electron chi connectivity index (χ0n) is 11.3. The lowest BCUT2D eigenvalue weighted by atomic mass is 10.3. The molecule has 8 nitrogen and oxygen atoms in total. The van der Waals surface area contributed by atoms with Crippen molar-refractivity contribution >= 4 is 23.7 Å². The molecule has 20 heavy (non-hydrogen) atoms. The number of carbonyl (C=O) groups excluding carboxylic acids is 1. The highest BCUT2D eigenvalue weighted by atomic mass is 32.2. The van der Waals surface area contributed by atoms with Crippen molar-refractivity contribution in [2.24, 2.45) is 5.73 Å². The molecule has 0 aliphatic rings. The predicted molar refractivity (Wildman–Crippen MR) is 74.3 cm³/mol. The maximum atomic E-state index is 10.5. The Hall–Kier alpha value is -1.58. The van der Waals surface area contributed by atoms with E-state index in [1.807, 2.05) is 6.26 Å². The fourth-order valence-corrected chi connectivity index (χ4v) is 1.69. The van der Waals surface area contributed by atoms with Gasteiger partial charge >= 0.3 is 6.09 Å². The molecule has 4 N–H and O–H groups in total. The van der Waals surface area contributed by atoms with Crippen LogP contribution in [0.15, 0.2) is 11.4 Å². The molecule has 112 valence electrons. The molecule has 9 heteroatoms. The van der Waals surface area contributed by atoms with Gasteiger partial charge in [0.1, 0.15) is 5.82 Å². The van der Waals surface area contributed by atoms with Crippen molar-refractivity contribution in [2.45, 2.75) is 25.0 Å². The van der Waals surface area contributed by atoms with Gasteiger partial charge in [-0.3, -0.25) is 0 Å². The van der Waals surface area contributed by atoms with Gasteiger partial charge in [-0.1, -0.05) is 11.8 Å². The van der Waals surface area contributed by atoms with Gasteiger partial charge < -0.3 is 25.6 Å². The highest BCUT2D eigenvalue weighted by molar-refractivity contribution is 7.98. The summed E-state index contributed by atoms with van der Waals surface area (Å²) in [5.41, 5.74) is 5.46. The van der Waals surface area contributed by atoms with Gasteiger partial charge in [-0.25, -0.2) is 14.8 Å². The van der Waals surface area contributed by atoms with E-state index >= 15 is 0 Å². The van der Waals surface area contributed by atoms with Crippen LogP contribution in [0, 0.1) is 0 Å². The number of carbonyl (C=O) groups is 1. The van der Waals surface area contributed by atoms with E-state index in [0.717, 1.165) is 0 Å². The minimum absolute atomic E-state index is 0.154. The molecular weight excluding hydrogens is 284 g/mol. The second-order valence-corrected chi connectivity index (χ2v) is 4.46. The van der Waals surface area contributed by atoms with E-state index in [0.29, 0.717) is 23.1 Å². The van der Waals surface area contributed by atoms with Crippen LogP contribution in [0.3, 0.4) is 0 Å². The summed E-state index contributed by atoms with van der Waals surface area (Å²) in [5.74, 6) is 0.555. The maximum Gasteiger partial charge on any atom is 0.406 e. The van der Waals surface area contributed by atoms with E-state index in [1.165, 1.54) is 11.8 Å². The Morgan fingerprint density at radius 3 is 3.00 bits per heavy atom. The Kier molecular flexibility index (Phi) is 7.05. The molecular formula is C11H18N4O4S. The second-order valence-electron chi connectivity index (χ2n) is 3.69. The lowest BCUT2D eigenvalue weighted by molar-refractivity contribution is -0.0851. The number of aliphatic hydroxyl groups is 1. The molecule has 1 unspecified atom stereocenters. The number of nitrogens with two attached hydrogens (primary N) is 1. The van der Waals surface area contributed by atoms with Crippen molar-refractivity contribution in [2.75, 3.05) is 24.7 Å². The Bertz CT molecular complexity index is 446. The van der Waals surface area contributed by atoms with Gasteiger partial charge in [-0.2, -0.15) is 0 Å². The number of anilines is 1. The van der Waals surface area contributed by atoms with Gasteiger partial charge in [0, 0.05) is 18.3 Å². The van der Waals surface area contributed by atoms with Crippen LogP contribution in [0.5, 0.6) is 0 Å². The molecule has 0 spiro atoms. The Balaban J connectivity index is 2.43. The van der Waals surface area contributed by atoms with Crippen molar-refractivity contribution < 1.29 is 19.4 Å². The average molecular weight is 302 g/mol. The normalized spacial score (nSPS) is 11.9. The first kappa shape index (κ1) is 16.5. The summed E-state index contributed by atoms with van der Waals surface area (Å²) in [6.07, 6.45) is 1.84. The number of nitrogens with one attached hydrogen (secondary N) is 1. The fourth-order valence-electron chi connectivity index (χ4n) is 1.35. The average Bonchev–Trinajstić information content (AvgIpc) is 2.42. The largest absolute Gasteiger partial charge is 0.420 e. The summed E-state index contributed by atoms with van der Waals surface area (Å²) < 4.78 is 9.81. The molecule has 1 atom stereocenters. The molecule has 0 saturated carbocycles. The van der Waals surface area contributed by atoms with Crippen LogP contribution in [-0.4, -0.2) is 46.9 Å². The molecule has 1 aromatic rings. The SMILES string of the molecule is CSc1ncc(CO)c(NCCOC(C)OC(N)=O)n1. The van der Waals surface area contributed by atoms with Gasteiger partial charge in [-0.05, 0) is 13.2 Å². The smallest absolute Gasteiger partial charge is 0.406 e. The van der Waals surface area contributed by atoms with Gasteiger partial charge in [0.2, 0.25) is 6.29 Å². The van der Waals surface area contributed by atoms with Crippen LogP contribution < -0.4 is 11.1 Å². The summed E-state index contributed by atoms with van der Waals surface area (Å²) in [5, 5.41) is 12.8. The van der Waals surface area contributed by atoms with Crippen LogP contribution in [0.1, 0.15) is 12.5 Å². The van der Waals surface area contributed by atoms with E-state index < -0.39 is 12.4 Å². The van der Waals surface area contributed by atoms with Crippen molar-refractivity contribution in [1.82, 2.24) is 9.97 Å². The lowest BCUT2D eigenvalue weighted by Crippen LogP contribution is -2.24. The molecule has 0 aliphatic carbocycles. The van der Waals surface area contributed by atoms with Gasteiger partial charge in [0.15, 0.2) is 5.16 Å². The summed E-state index contributed by atoms with van der Waals surface area (Å²) in [4.78, 5) is 18.8. The van der Waals surface area contributed by atoms with Crippen LogP contribution in [0.2, 0.25) is 0 Å². The lowest BCUT2D eigenvalue weighted by Gasteiger charge is -2.14. The topological polar surface area (TPSA) is 120 Å². The van der Waals surface area contributed by atoms with Crippen molar-refractivity contribution in [3.8, 4) is 0 Å². The first-order valence-corrected chi connectivity index (χ1v) is 7.11. The zero-order valence-corrected chi connectivity index (χ0v) is 12.1. The predicted octanol–water partition coefficient (Wildman–Crippen LogP) is 0.561. The van der Waals surface area contributed by atoms with E-state index in [1.54, 1.807) is 13.1 Å². The molecule has 0 radical (unpaired) electrons. The van der Waals surface area contributed by atoms with Gasteiger partial charge in [-0.15, -0.1) is 0 Å². The molecule has 0 saturated heterocycles. The van der Waals surface area contributed by atoms with E-state index in [9.17, 15) is 9.90 Å². The number of nitrogens with zero attached hydrogens (tertiary/aromatic N) is 2. The third kappa shape index (κ3) is 5.59. The maximum absolute atomic E-state index is 10.5. The molecule has 0 aliphatic heterocycles. The van der Waals surface area contributed by atoms with Gasteiger partial charge in [0.05, 0.1) is 13.2 Å². The van der Waals surface area contributed by atoms with E-state index in [-0.39, 0.29) is 13.2 Å². The number of aliphatic hydroxyl groups excluding tert-OH is 1. The zero-order chi connectivity index (χ0) is 15.0. The minimum atomic E-state index is -0.881. The summed E-state index contributed by atoms with van der Waals surface area (Å²) in [6, 6.07) is 0. The van der Waals surface area contributed by atoms with Crippen molar-refractivity contribution in [3.05, 3.63) is 11.8 Å². The molecule has 1 rings (SSSR count). The monoisotopic (exact) mass is 302 g/mol. The fraction of sp³-hybridized carbons (Fsp3) is 0.545. The summed E-state index contributed by atoms with van der Waals surface area (Å²) >= 11 is 1.41. The highest BCUT2D eigenvalue weighted by Crippen LogP contribution is 2.16. The highest BCUT2D eigenvalue weighted by Gasteiger charge is 2.07. The van der Waals surface area contributed by atoms with E-state index in [4.69, 9.17) is 10.5 Å². The first-order chi connectivity index (χ1) is 9.56. The number of hydrogen-bond donors (Lipinski definition) is 3. The van der Waals surface area contributed by atoms with Crippen LogP contribution in [-0.2, 0) is 16.1 Å². The number of ether oxygens (including phenoxy) is 2. The third-order valence-corrected chi connectivity index (χ3v) is 2.79. The Morgan fingerprint density at radius 1 is 1.65 bits per heavy atom. The van der Waals surface area contributed by atoms with Crippen LogP contribution in [0.25, 0.3) is 0 Å². The minimum Gasteiger partial charge on any atom is -0.420 e. The quantitative estimate of drug-likeness (QED) is 0.276. The van der Waals surface area contributed by atoms with Crippen molar-refractivity contribution in [3.63, 3.8) is 0 Å². The molecule has 0 fully saturated rings. The number of thioether (sulfide) groups is 1. The van der Waals surface area contributed by atoms with Crippen molar-refractivity contribution in [1.29, 1.82) is 0 Å². The summed E-state index contributed by atoms with van der Waals surface area (Å²) in [6.45, 7) is 2.14. The number of aromatic nitrogens is 2. The van der Waals surface area contributed by atoms with E-state index in [2.05, 4.69) is 20.0 Å². The number of primary amides is 1. The second kappa shape index (κ2) is 8.56. The van der Waals surface area contributed by atoms with Crippen LogP contribution >= 0.6 is 11.8 Å². The van der Waals surface area contributed by atoms with Crippen LogP contribution in [0.4, 0.5) is 10.6 Å². The molecule has 1 amide bonds. The third-order valence-electron chi connectivity index (χ3n) is 2.22. The molecule has 0 aromatic carbocycles.